The third-order valence-corrected chi connectivity index (χ3v) is 4.80. The van der Waals surface area contributed by atoms with Gasteiger partial charge in [-0.25, -0.2) is 0 Å². The van der Waals surface area contributed by atoms with Gasteiger partial charge in [-0.15, -0.1) is 0 Å². The summed E-state index contributed by atoms with van der Waals surface area (Å²) in [7, 11) is 0. The molecule has 18 heavy (non-hydrogen) atoms. The van der Waals surface area contributed by atoms with Crippen molar-refractivity contribution in [3.05, 3.63) is 11.7 Å². The SMILES string of the molecule is NC1(c2nc(C3CC4CCC3O4)no2)CCCC1. The standard InChI is InChI=1S/C13H19N3O2/c14-13(5-1-2-6-13)12-15-11(16-18-12)9-7-8-3-4-10(9)17-8/h8-10H,1-7,14H2. The average molecular weight is 249 g/mol. The van der Waals surface area contributed by atoms with Crippen LogP contribution in [0.1, 0.15) is 62.6 Å². The smallest absolute Gasteiger partial charge is 0.246 e. The molecular formula is C13H19N3O2. The summed E-state index contributed by atoms with van der Waals surface area (Å²) in [6.45, 7) is 0. The Morgan fingerprint density at radius 3 is 2.72 bits per heavy atom. The number of aromatic nitrogens is 2. The molecule has 1 aromatic heterocycles. The number of nitrogens with zero attached hydrogens (tertiary/aromatic N) is 2. The molecule has 2 N–H and O–H groups in total. The first-order valence-electron chi connectivity index (χ1n) is 7.03. The Labute approximate surface area is 106 Å². The maximum atomic E-state index is 6.34. The molecule has 0 spiro atoms. The molecule has 98 valence electrons. The molecule has 3 aliphatic rings. The summed E-state index contributed by atoms with van der Waals surface area (Å²) in [5, 5.41) is 4.16. The van der Waals surface area contributed by atoms with E-state index in [1.54, 1.807) is 0 Å². The molecule has 3 heterocycles. The predicted molar refractivity (Wildman–Crippen MR) is 63.9 cm³/mol. The molecular weight excluding hydrogens is 230 g/mol. The van der Waals surface area contributed by atoms with E-state index >= 15 is 0 Å². The molecule has 2 bridgehead atoms. The highest BCUT2D eigenvalue weighted by atomic mass is 16.5. The molecule has 0 amide bonds. The fraction of sp³-hybridized carbons (Fsp3) is 0.846. The Morgan fingerprint density at radius 1 is 1.22 bits per heavy atom. The number of hydrogen-bond donors (Lipinski definition) is 1. The molecule has 5 heteroatoms. The predicted octanol–water partition coefficient (Wildman–Crippen LogP) is 1.83. The van der Waals surface area contributed by atoms with E-state index in [0.29, 0.717) is 24.0 Å². The lowest BCUT2D eigenvalue weighted by atomic mass is 9.89. The monoisotopic (exact) mass is 249 g/mol. The lowest BCUT2D eigenvalue weighted by Gasteiger charge is -2.17. The Balaban J connectivity index is 1.58. The fourth-order valence-electron chi connectivity index (χ4n) is 3.72. The third-order valence-electron chi connectivity index (χ3n) is 4.80. The van der Waals surface area contributed by atoms with E-state index in [1.165, 1.54) is 6.42 Å². The van der Waals surface area contributed by atoms with Gasteiger partial charge < -0.3 is 15.0 Å². The lowest BCUT2D eigenvalue weighted by molar-refractivity contribution is 0.0996. The molecule has 4 rings (SSSR count). The molecule has 1 aromatic rings. The van der Waals surface area contributed by atoms with Gasteiger partial charge in [0, 0.05) is 0 Å². The number of rotatable bonds is 2. The van der Waals surface area contributed by atoms with E-state index in [1.807, 2.05) is 0 Å². The zero-order valence-corrected chi connectivity index (χ0v) is 10.5. The van der Waals surface area contributed by atoms with E-state index in [2.05, 4.69) is 10.1 Å². The molecule has 0 radical (unpaired) electrons. The second-order valence-corrected chi connectivity index (χ2v) is 6.04. The van der Waals surface area contributed by atoms with Crippen molar-refractivity contribution in [3.63, 3.8) is 0 Å². The molecule has 3 fully saturated rings. The largest absolute Gasteiger partial charge is 0.374 e. The minimum atomic E-state index is -0.371. The van der Waals surface area contributed by atoms with Crippen LogP contribution in [-0.2, 0) is 10.3 Å². The van der Waals surface area contributed by atoms with Crippen LogP contribution in [0.2, 0.25) is 0 Å². The van der Waals surface area contributed by atoms with Crippen molar-refractivity contribution in [2.24, 2.45) is 5.73 Å². The molecule has 0 aromatic carbocycles. The van der Waals surface area contributed by atoms with Crippen LogP contribution in [0.4, 0.5) is 0 Å². The van der Waals surface area contributed by atoms with Crippen molar-refractivity contribution in [1.82, 2.24) is 10.1 Å². The Bertz CT molecular complexity index is 453. The maximum absolute atomic E-state index is 6.34. The van der Waals surface area contributed by atoms with Crippen LogP contribution in [0.25, 0.3) is 0 Å². The average Bonchev–Trinajstić information content (AvgIpc) is 3.13. The van der Waals surface area contributed by atoms with Gasteiger partial charge in [0.25, 0.3) is 0 Å². The van der Waals surface area contributed by atoms with Gasteiger partial charge in [0.05, 0.1) is 23.7 Å². The quantitative estimate of drug-likeness (QED) is 0.865. The zero-order chi connectivity index (χ0) is 12.2. The molecule has 2 saturated heterocycles. The number of hydrogen-bond acceptors (Lipinski definition) is 5. The number of fused-ring (bicyclic) bond motifs is 2. The van der Waals surface area contributed by atoms with Crippen molar-refractivity contribution in [2.45, 2.75) is 68.6 Å². The Kier molecular flexibility index (Phi) is 2.29. The molecule has 3 unspecified atom stereocenters. The molecule has 1 saturated carbocycles. The van der Waals surface area contributed by atoms with E-state index < -0.39 is 0 Å². The fourth-order valence-corrected chi connectivity index (χ4v) is 3.72. The van der Waals surface area contributed by atoms with E-state index in [4.69, 9.17) is 15.0 Å². The summed E-state index contributed by atoms with van der Waals surface area (Å²) in [6, 6.07) is 0. The summed E-state index contributed by atoms with van der Waals surface area (Å²) in [4.78, 5) is 4.58. The third kappa shape index (κ3) is 1.53. The molecule has 2 aliphatic heterocycles. The first-order valence-corrected chi connectivity index (χ1v) is 7.03. The Morgan fingerprint density at radius 2 is 2.06 bits per heavy atom. The summed E-state index contributed by atoms with van der Waals surface area (Å²) in [5.41, 5.74) is 5.97. The normalized spacial score (nSPS) is 37.5. The minimum absolute atomic E-state index is 0.303. The minimum Gasteiger partial charge on any atom is -0.374 e. The summed E-state index contributed by atoms with van der Waals surface area (Å²) in [6.07, 6.45) is 8.32. The highest BCUT2D eigenvalue weighted by Crippen LogP contribution is 2.44. The van der Waals surface area contributed by atoms with Crippen LogP contribution < -0.4 is 5.73 Å². The van der Waals surface area contributed by atoms with Gasteiger partial charge in [0.2, 0.25) is 5.89 Å². The van der Waals surface area contributed by atoms with Gasteiger partial charge in [0.15, 0.2) is 5.82 Å². The first-order chi connectivity index (χ1) is 8.74. The van der Waals surface area contributed by atoms with Crippen LogP contribution >= 0.6 is 0 Å². The van der Waals surface area contributed by atoms with Gasteiger partial charge in [-0.2, -0.15) is 4.98 Å². The zero-order valence-electron chi connectivity index (χ0n) is 10.5. The van der Waals surface area contributed by atoms with Gasteiger partial charge in [-0.05, 0) is 32.1 Å². The van der Waals surface area contributed by atoms with Crippen molar-refractivity contribution in [3.8, 4) is 0 Å². The van der Waals surface area contributed by atoms with Gasteiger partial charge >= 0.3 is 0 Å². The van der Waals surface area contributed by atoms with Gasteiger partial charge in [-0.1, -0.05) is 18.0 Å². The van der Waals surface area contributed by atoms with Crippen molar-refractivity contribution < 1.29 is 9.26 Å². The topological polar surface area (TPSA) is 74.2 Å². The highest BCUT2D eigenvalue weighted by molar-refractivity contribution is 5.11. The summed E-state index contributed by atoms with van der Waals surface area (Å²) >= 11 is 0. The van der Waals surface area contributed by atoms with E-state index in [9.17, 15) is 0 Å². The molecule has 1 aliphatic carbocycles. The lowest BCUT2D eigenvalue weighted by Crippen LogP contribution is -2.33. The van der Waals surface area contributed by atoms with Crippen molar-refractivity contribution >= 4 is 0 Å². The highest BCUT2D eigenvalue weighted by Gasteiger charge is 2.45. The van der Waals surface area contributed by atoms with Crippen LogP contribution in [0.5, 0.6) is 0 Å². The number of ether oxygens (including phenoxy) is 1. The van der Waals surface area contributed by atoms with E-state index in [0.717, 1.165) is 44.3 Å². The van der Waals surface area contributed by atoms with Crippen LogP contribution in [0.3, 0.4) is 0 Å². The Hall–Kier alpha value is -0.940. The molecule has 5 nitrogen and oxygen atoms in total. The van der Waals surface area contributed by atoms with Crippen molar-refractivity contribution in [2.75, 3.05) is 0 Å². The summed E-state index contributed by atoms with van der Waals surface area (Å²) < 4.78 is 11.3. The first kappa shape index (κ1) is 10.9. The van der Waals surface area contributed by atoms with Crippen LogP contribution in [-0.4, -0.2) is 22.3 Å². The molecule has 3 atom stereocenters. The second-order valence-electron chi connectivity index (χ2n) is 6.04. The number of nitrogens with two attached hydrogens (primary N) is 1. The second kappa shape index (κ2) is 3.78. The van der Waals surface area contributed by atoms with Gasteiger partial charge in [-0.3, -0.25) is 0 Å². The van der Waals surface area contributed by atoms with Gasteiger partial charge in [0.1, 0.15) is 0 Å². The maximum Gasteiger partial charge on any atom is 0.246 e. The van der Waals surface area contributed by atoms with E-state index in [-0.39, 0.29) is 5.54 Å². The van der Waals surface area contributed by atoms with Crippen LogP contribution in [0.15, 0.2) is 4.52 Å². The van der Waals surface area contributed by atoms with Crippen LogP contribution in [0, 0.1) is 0 Å². The van der Waals surface area contributed by atoms with Crippen molar-refractivity contribution in [1.29, 1.82) is 0 Å². The summed E-state index contributed by atoms with van der Waals surface area (Å²) in [5.74, 6) is 1.78.